The summed E-state index contributed by atoms with van der Waals surface area (Å²) in [6.45, 7) is 7.54. The highest BCUT2D eigenvalue weighted by molar-refractivity contribution is 5.90. The van der Waals surface area contributed by atoms with Crippen molar-refractivity contribution in [2.75, 3.05) is 43.2 Å². The highest BCUT2D eigenvalue weighted by atomic mass is 16.7. The van der Waals surface area contributed by atoms with Crippen LogP contribution in [0.2, 0.25) is 0 Å². The van der Waals surface area contributed by atoms with E-state index in [-0.39, 0.29) is 12.8 Å². The molecule has 1 N–H and O–H groups in total. The zero-order chi connectivity index (χ0) is 18.1. The number of hydrogen-bond donors (Lipinski definition) is 1. The van der Waals surface area contributed by atoms with Crippen LogP contribution in [0.1, 0.15) is 11.1 Å². The van der Waals surface area contributed by atoms with Gasteiger partial charge in [-0.2, -0.15) is 0 Å². The van der Waals surface area contributed by atoms with Crippen molar-refractivity contribution in [2.45, 2.75) is 13.8 Å². The second-order valence-electron chi connectivity index (χ2n) is 6.76. The molecule has 0 bridgehead atoms. The normalized spacial score (nSPS) is 15.9. The van der Waals surface area contributed by atoms with Crippen LogP contribution < -0.4 is 19.7 Å². The molecule has 0 aromatic heterocycles. The SMILES string of the molecule is Cc1ccc(N2CCN(C(=O)Nc3ccc4c(c3)OCO4)CC2)c(C)c1. The van der Waals surface area contributed by atoms with E-state index in [1.54, 1.807) is 6.07 Å². The molecule has 6 nitrogen and oxygen atoms in total. The molecule has 2 aliphatic rings. The van der Waals surface area contributed by atoms with Crippen molar-refractivity contribution in [1.29, 1.82) is 0 Å². The monoisotopic (exact) mass is 353 g/mol. The molecule has 0 unspecified atom stereocenters. The second-order valence-corrected chi connectivity index (χ2v) is 6.76. The summed E-state index contributed by atoms with van der Waals surface area (Å²) in [6.07, 6.45) is 0. The van der Waals surface area contributed by atoms with Crippen molar-refractivity contribution in [3.05, 3.63) is 47.5 Å². The molecule has 1 saturated heterocycles. The molecular formula is C20H23N3O3. The zero-order valence-electron chi connectivity index (χ0n) is 15.1. The summed E-state index contributed by atoms with van der Waals surface area (Å²) >= 11 is 0. The number of nitrogens with one attached hydrogen (secondary N) is 1. The van der Waals surface area contributed by atoms with Gasteiger partial charge in [0.05, 0.1) is 0 Å². The molecule has 4 rings (SSSR count). The Morgan fingerprint density at radius 3 is 2.50 bits per heavy atom. The van der Waals surface area contributed by atoms with Gasteiger partial charge >= 0.3 is 6.03 Å². The summed E-state index contributed by atoms with van der Waals surface area (Å²) in [6, 6.07) is 11.9. The predicted molar refractivity (Wildman–Crippen MR) is 101 cm³/mol. The lowest BCUT2D eigenvalue weighted by molar-refractivity contribution is 0.174. The Balaban J connectivity index is 1.36. The van der Waals surface area contributed by atoms with Crippen molar-refractivity contribution in [1.82, 2.24) is 4.90 Å². The standard InChI is InChI=1S/C20H23N3O3/c1-14-3-5-17(15(2)11-14)22-7-9-23(10-8-22)20(24)21-16-4-6-18-19(12-16)26-13-25-18/h3-6,11-12H,7-10,13H2,1-2H3,(H,21,24). The molecule has 136 valence electrons. The first-order chi connectivity index (χ1) is 12.6. The zero-order valence-corrected chi connectivity index (χ0v) is 15.1. The summed E-state index contributed by atoms with van der Waals surface area (Å²) in [5.41, 5.74) is 4.53. The van der Waals surface area contributed by atoms with Gasteiger partial charge in [0.25, 0.3) is 0 Å². The quantitative estimate of drug-likeness (QED) is 0.899. The number of nitrogens with zero attached hydrogens (tertiary/aromatic N) is 2. The van der Waals surface area contributed by atoms with Gasteiger partial charge in [0.1, 0.15) is 0 Å². The van der Waals surface area contributed by atoms with Crippen molar-refractivity contribution >= 4 is 17.4 Å². The van der Waals surface area contributed by atoms with Crippen LogP contribution in [0.5, 0.6) is 11.5 Å². The molecule has 0 radical (unpaired) electrons. The molecule has 26 heavy (non-hydrogen) atoms. The Morgan fingerprint density at radius 1 is 0.962 bits per heavy atom. The van der Waals surface area contributed by atoms with Crippen LogP contribution >= 0.6 is 0 Å². The molecule has 0 atom stereocenters. The number of fused-ring (bicyclic) bond motifs is 1. The number of rotatable bonds is 2. The number of piperazine rings is 1. The van der Waals surface area contributed by atoms with E-state index >= 15 is 0 Å². The number of carbonyl (C=O) groups excluding carboxylic acids is 1. The first-order valence-corrected chi connectivity index (χ1v) is 8.88. The van der Waals surface area contributed by atoms with Gasteiger partial charge in [-0.3, -0.25) is 0 Å². The van der Waals surface area contributed by atoms with E-state index in [4.69, 9.17) is 9.47 Å². The Labute approximate surface area is 153 Å². The lowest BCUT2D eigenvalue weighted by Gasteiger charge is -2.36. The number of ether oxygens (including phenoxy) is 2. The number of urea groups is 1. The third-order valence-electron chi connectivity index (χ3n) is 4.88. The van der Waals surface area contributed by atoms with Gasteiger partial charge in [0.15, 0.2) is 11.5 Å². The fourth-order valence-electron chi connectivity index (χ4n) is 3.49. The van der Waals surface area contributed by atoms with E-state index in [2.05, 4.69) is 42.3 Å². The van der Waals surface area contributed by atoms with Crippen LogP contribution in [0.3, 0.4) is 0 Å². The molecule has 6 heteroatoms. The number of hydrogen-bond acceptors (Lipinski definition) is 4. The maximum absolute atomic E-state index is 12.5. The van der Waals surface area contributed by atoms with Gasteiger partial charge in [-0.25, -0.2) is 4.79 Å². The number of carbonyl (C=O) groups is 1. The minimum Gasteiger partial charge on any atom is -0.454 e. The van der Waals surface area contributed by atoms with E-state index < -0.39 is 0 Å². The Morgan fingerprint density at radius 2 is 1.73 bits per heavy atom. The number of anilines is 2. The molecule has 2 heterocycles. The Bertz CT molecular complexity index is 829. The Hall–Kier alpha value is -2.89. The van der Waals surface area contributed by atoms with Crippen LogP contribution in [0.4, 0.5) is 16.2 Å². The van der Waals surface area contributed by atoms with Crippen LogP contribution in [-0.4, -0.2) is 43.9 Å². The summed E-state index contributed by atoms with van der Waals surface area (Å²) in [5, 5.41) is 2.95. The highest BCUT2D eigenvalue weighted by Crippen LogP contribution is 2.34. The molecule has 1 fully saturated rings. The summed E-state index contributed by atoms with van der Waals surface area (Å²) in [7, 11) is 0. The minimum atomic E-state index is -0.0795. The number of amides is 2. The lowest BCUT2D eigenvalue weighted by atomic mass is 10.1. The summed E-state index contributed by atoms with van der Waals surface area (Å²) < 4.78 is 10.6. The molecule has 0 spiro atoms. The molecule has 2 aromatic carbocycles. The second kappa shape index (κ2) is 6.78. The van der Waals surface area contributed by atoms with E-state index in [1.165, 1.54) is 16.8 Å². The van der Waals surface area contributed by atoms with E-state index in [0.29, 0.717) is 24.6 Å². The predicted octanol–water partition coefficient (Wildman–Crippen LogP) is 3.39. The van der Waals surface area contributed by atoms with Crippen molar-refractivity contribution in [3.8, 4) is 11.5 Å². The van der Waals surface area contributed by atoms with Crippen molar-refractivity contribution in [3.63, 3.8) is 0 Å². The van der Waals surface area contributed by atoms with Crippen molar-refractivity contribution < 1.29 is 14.3 Å². The largest absolute Gasteiger partial charge is 0.454 e. The molecular weight excluding hydrogens is 330 g/mol. The van der Waals surface area contributed by atoms with E-state index in [9.17, 15) is 4.79 Å². The van der Waals surface area contributed by atoms with Crippen LogP contribution in [-0.2, 0) is 0 Å². The lowest BCUT2D eigenvalue weighted by Crippen LogP contribution is -2.50. The van der Waals surface area contributed by atoms with Gasteiger partial charge < -0.3 is 24.6 Å². The molecule has 2 amide bonds. The first kappa shape index (κ1) is 16.6. The van der Waals surface area contributed by atoms with Gasteiger partial charge in [0, 0.05) is 43.6 Å². The van der Waals surface area contributed by atoms with Crippen molar-refractivity contribution in [2.24, 2.45) is 0 Å². The number of aryl methyl sites for hydroxylation is 2. The fraction of sp³-hybridized carbons (Fsp3) is 0.350. The number of benzene rings is 2. The van der Waals surface area contributed by atoms with Crippen LogP contribution in [0, 0.1) is 13.8 Å². The van der Waals surface area contributed by atoms with Gasteiger partial charge in [0.2, 0.25) is 6.79 Å². The molecule has 0 aliphatic carbocycles. The topological polar surface area (TPSA) is 54.0 Å². The Kier molecular flexibility index (Phi) is 4.32. The van der Waals surface area contributed by atoms with Crippen LogP contribution in [0.25, 0.3) is 0 Å². The van der Waals surface area contributed by atoms with E-state index in [1.807, 2.05) is 17.0 Å². The molecule has 2 aromatic rings. The first-order valence-electron chi connectivity index (χ1n) is 8.88. The molecule has 2 aliphatic heterocycles. The maximum atomic E-state index is 12.5. The average Bonchev–Trinajstić information content (AvgIpc) is 3.10. The van der Waals surface area contributed by atoms with Gasteiger partial charge in [-0.15, -0.1) is 0 Å². The highest BCUT2D eigenvalue weighted by Gasteiger charge is 2.23. The maximum Gasteiger partial charge on any atom is 0.321 e. The third-order valence-corrected chi connectivity index (χ3v) is 4.88. The molecule has 0 saturated carbocycles. The fourth-order valence-corrected chi connectivity index (χ4v) is 3.49. The minimum absolute atomic E-state index is 0.0795. The average molecular weight is 353 g/mol. The smallest absolute Gasteiger partial charge is 0.321 e. The van der Waals surface area contributed by atoms with E-state index in [0.717, 1.165) is 18.8 Å². The third kappa shape index (κ3) is 3.27. The summed E-state index contributed by atoms with van der Waals surface area (Å²) in [4.78, 5) is 16.7. The van der Waals surface area contributed by atoms with Gasteiger partial charge in [-0.05, 0) is 37.6 Å². The van der Waals surface area contributed by atoms with Gasteiger partial charge in [-0.1, -0.05) is 17.7 Å². The van der Waals surface area contributed by atoms with Crippen LogP contribution in [0.15, 0.2) is 36.4 Å². The summed E-state index contributed by atoms with van der Waals surface area (Å²) in [5.74, 6) is 1.38.